The number of hydrogen-bond acceptors (Lipinski definition) is 3. The minimum atomic E-state index is -0.999. The molecule has 0 bridgehead atoms. The first kappa shape index (κ1) is 24.7. The highest BCUT2D eigenvalue weighted by atomic mass is 19.1. The Kier molecular flexibility index (Phi) is 7.13. The van der Waals surface area contributed by atoms with Crippen molar-refractivity contribution < 1.29 is 19.0 Å². The van der Waals surface area contributed by atoms with Crippen LogP contribution >= 0.6 is 0 Å². The summed E-state index contributed by atoms with van der Waals surface area (Å²) >= 11 is 0. The van der Waals surface area contributed by atoms with Gasteiger partial charge >= 0.3 is 5.97 Å². The number of nitrogens with one attached hydrogen (secondary N) is 1. The van der Waals surface area contributed by atoms with Crippen molar-refractivity contribution in [3.8, 4) is 11.5 Å². The van der Waals surface area contributed by atoms with Gasteiger partial charge in [-0.05, 0) is 82.3 Å². The van der Waals surface area contributed by atoms with Gasteiger partial charge in [0.05, 0.1) is 11.7 Å². The van der Waals surface area contributed by atoms with Crippen molar-refractivity contribution in [2.75, 3.05) is 0 Å². The molecule has 1 aromatic heterocycles. The number of nitrogens with zero attached hydrogens (tertiary/aromatic N) is 1. The van der Waals surface area contributed by atoms with Gasteiger partial charge in [-0.1, -0.05) is 61.5 Å². The minimum absolute atomic E-state index is 0.151. The van der Waals surface area contributed by atoms with Crippen molar-refractivity contribution in [1.82, 2.24) is 10.2 Å². The molecule has 0 saturated heterocycles. The SMILES string of the molecule is CCC(=C(c1ccc(C=CC(=O)O)cc1)c1ccc2[nH]ncc2c1)c1ccc(F)c(Oc2ccccc2)c1. The summed E-state index contributed by atoms with van der Waals surface area (Å²) in [5, 5.41) is 17.1. The van der Waals surface area contributed by atoms with Crippen molar-refractivity contribution >= 4 is 34.1 Å². The smallest absolute Gasteiger partial charge is 0.328 e. The largest absolute Gasteiger partial charge is 0.478 e. The summed E-state index contributed by atoms with van der Waals surface area (Å²) in [5.41, 5.74) is 6.49. The van der Waals surface area contributed by atoms with Gasteiger partial charge in [0.25, 0.3) is 0 Å². The Bertz CT molecular complexity index is 1650. The second kappa shape index (κ2) is 11.0. The fourth-order valence-electron chi connectivity index (χ4n) is 4.45. The normalized spacial score (nSPS) is 12.1. The fourth-order valence-corrected chi connectivity index (χ4v) is 4.45. The fraction of sp³-hybridized carbons (Fsp3) is 0.0625. The van der Waals surface area contributed by atoms with Crippen LogP contribution in [-0.2, 0) is 4.79 Å². The van der Waals surface area contributed by atoms with Crippen LogP contribution in [-0.4, -0.2) is 21.3 Å². The number of fused-ring (bicyclic) bond motifs is 1. The molecule has 0 saturated carbocycles. The number of carboxylic acid groups (broad SMARTS) is 1. The Hall–Kier alpha value is -4.97. The third-order valence-corrected chi connectivity index (χ3v) is 6.25. The highest BCUT2D eigenvalue weighted by molar-refractivity contribution is 6.00. The summed E-state index contributed by atoms with van der Waals surface area (Å²) in [5.74, 6) is -0.732. The van der Waals surface area contributed by atoms with E-state index in [0.29, 0.717) is 12.2 Å². The number of rotatable bonds is 8. The number of halogens is 1. The van der Waals surface area contributed by atoms with Gasteiger partial charge in [-0.15, -0.1) is 0 Å². The third kappa shape index (κ3) is 5.39. The standard InChI is InChI=1S/C32H25FN2O3/c1-2-27(23-13-15-28(33)30(19-23)38-26-6-4-3-5-7-26)32(24-14-16-29-25(18-24)20-34-35-29)22-11-8-21(9-12-22)10-17-31(36)37/h3-20H,2H2,1H3,(H,34,35)(H,36,37). The number of aliphatic carboxylic acids is 1. The Morgan fingerprint density at radius 2 is 1.68 bits per heavy atom. The van der Waals surface area contributed by atoms with E-state index < -0.39 is 11.8 Å². The average molecular weight is 505 g/mol. The molecule has 0 aliphatic heterocycles. The summed E-state index contributed by atoms with van der Waals surface area (Å²) in [6, 6.07) is 27.9. The molecule has 0 fully saturated rings. The van der Waals surface area contributed by atoms with Crippen LogP contribution in [0.5, 0.6) is 11.5 Å². The van der Waals surface area contributed by atoms with Crippen LogP contribution in [0.25, 0.3) is 28.1 Å². The Morgan fingerprint density at radius 1 is 0.947 bits per heavy atom. The summed E-state index contributed by atoms with van der Waals surface area (Å²) in [4.78, 5) is 10.9. The highest BCUT2D eigenvalue weighted by Crippen LogP contribution is 2.37. The maximum atomic E-state index is 14.8. The van der Waals surface area contributed by atoms with Gasteiger partial charge in [-0.2, -0.15) is 5.10 Å². The number of ether oxygens (including phenoxy) is 1. The summed E-state index contributed by atoms with van der Waals surface area (Å²) in [7, 11) is 0. The zero-order valence-electron chi connectivity index (χ0n) is 20.7. The minimum Gasteiger partial charge on any atom is -0.478 e. The molecule has 5 nitrogen and oxygen atoms in total. The Labute approximate surface area is 219 Å². The maximum Gasteiger partial charge on any atom is 0.328 e. The lowest BCUT2D eigenvalue weighted by Gasteiger charge is -2.18. The van der Waals surface area contributed by atoms with E-state index in [2.05, 4.69) is 23.2 Å². The van der Waals surface area contributed by atoms with Crippen molar-refractivity contribution in [2.24, 2.45) is 0 Å². The Morgan fingerprint density at radius 3 is 2.42 bits per heavy atom. The molecule has 4 aromatic carbocycles. The molecular formula is C32H25FN2O3. The second-order valence-corrected chi connectivity index (χ2v) is 8.73. The molecule has 6 heteroatoms. The molecular weight excluding hydrogens is 479 g/mol. The van der Waals surface area contributed by atoms with Crippen LogP contribution in [0.3, 0.4) is 0 Å². The number of aromatic amines is 1. The van der Waals surface area contributed by atoms with Crippen molar-refractivity contribution in [3.05, 3.63) is 131 Å². The topological polar surface area (TPSA) is 75.2 Å². The molecule has 1 heterocycles. The van der Waals surface area contributed by atoms with E-state index in [1.54, 1.807) is 36.5 Å². The summed E-state index contributed by atoms with van der Waals surface area (Å²) in [6.07, 6.45) is 5.13. The predicted octanol–water partition coefficient (Wildman–Crippen LogP) is 7.96. The average Bonchev–Trinajstić information content (AvgIpc) is 3.41. The van der Waals surface area contributed by atoms with E-state index in [4.69, 9.17) is 9.84 Å². The number of benzene rings is 4. The number of aromatic nitrogens is 2. The lowest BCUT2D eigenvalue weighted by molar-refractivity contribution is -0.131. The van der Waals surface area contributed by atoms with E-state index in [-0.39, 0.29) is 5.75 Å². The van der Waals surface area contributed by atoms with Gasteiger partial charge in [0.1, 0.15) is 5.75 Å². The molecule has 0 radical (unpaired) electrons. The van der Waals surface area contributed by atoms with Gasteiger partial charge in [-0.3, -0.25) is 5.10 Å². The van der Waals surface area contributed by atoms with Gasteiger partial charge in [0, 0.05) is 11.5 Å². The van der Waals surface area contributed by atoms with Crippen LogP contribution < -0.4 is 4.74 Å². The number of allylic oxidation sites excluding steroid dienone is 1. The quantitative estimate of drug-likeness (QED) is 0.166. The van der Waals surface area contributed by atoms with Gasteiger partial charge in [0.2, 0.25) is 0 Å². The number of hydrogen-bond donors (Lipinski definition) is 2. The molecule has 188 valence electrons. The van der Waals surface area contributed by atoms with E-state index in [1.807, 2.05) is 54.6 Å². The summed E-state index contributed by atoms with van der Waals surface area (Å²) in [6.45, 7) is 2.07. The molecule has 0 spiro atoms. The van der Waals surface area contributed by atoms with Crippen molar-refractivity contribution in [2.45, 2.75) is 13.3 Å². The van der Waals surface area contributed by atoms with E-state index >= 15 is 0 Å². The molecule has 5 rings (SSSR count). The molecule has 0 amide bonds. The zero-order chi connectivity index (χ0) is 26.5. The van der Waals surface area contributed by atoms with E-state index in [0.717, 1.165) is 50.4 Å². The first-order valence-electron chi connectivity index (χ1n) is 12.2. The van der Waals surface area contributed by atoms with Crippen LogP contribution in [0.1, 0.15) is 35.6 Å². The molecule has 0 aliphatic rings. The maximum absolute atomic E-state index is 14.8. The first-order chi connectivity index (χ1) is 18.5. The van der Waals surface area contributed by atoms with Crippen LogP contribution in [0.2, 0.25) is 0 Å². The monoisotopic (exact) mass is 504 g/mol. The van der Waals surface area contributed by atoms with Crippen LogP contribution in [0.4, 0.5) is 4.39 Å². The summed E-state index contributed by atoms with van der Waals surface area (Å²) < 4.78 is 20.7. The van der Waals surface area contributed by atoms with Crippen LogP contribution in [0, 0.1) is 5.82 Å². The number of carbonyl (C=O) groups is 1. The molecule has 5 aromatic rings. The number of carboxylic acids is 1. The molecule has 2 N–H and O–H groups in total. The molecule has 0 atom stereocenters. The molecule has 0 unspecified atom stereocenters. The number of H-pyrrole nitrogens is 1. The zero-order valence-corrected chi connectivity index (χ0v) is 20.7. The number of para-hydroxylation sites is 1. The van der Waals surface area contributed by atoms with Gasteiger partial charge < -0.3 is 9.84 Å². The van der Waals surface area contributed by atoms with Crippen LogP contribution in [0.15, 0.2) is 103 Å². The lowest BCUT2D eigenvalue weighted by Crippen LogP contribution is -1.97. The predicted molar refractivity (Wildman–Crippen MR) is 148 cm³/mol. The van der Waals surface area contributed by atoms with Crippen molar-refractivity contribution in [3.63, 3.8) is 0 Å². The van der Waals surface area contributed by atoms with Gasteiger partial charge in [0.15, 0.2) is 11.6 Å². The Balaban J connectivity index is 1.66. The second-order valence-electron chi connectivity index (χ2n) is 8.73. The first-order valence-corrected chi connectivity index (χ1v) is 12.2. The van der Waals surface area contributed by atoms with Crippen molar-refractivity contribution in [1.29, 1.82) is 0 Å². The molecule has 0 aliphatic carbocycles. The van der Waals surface area contributed by atoms with E-state index in [9.17, 15) is 9.18 Å². The van der Waals surface area contributed by atoms with Gasteiger partial charge in [-0.25, -0.2) is 9.18 Å². The van der Waals surface area contributed by atoms with E-state index in [1.165, 1.54) is 6.07 Å². The molecule has 38 heavy (non-hydrogen) atoms. The highest BCUT2D eigenvalue weighted by Gasteiger charge is 2.16. The third-order valence-electron chi connectivity index (χ3n) is 6.25. The lowest BCUT2D eigenvalue weighted by atomic mass is 9.87.